The smallest absolute Gasteiger partial charge is 0.280 e. The summed E-state index contributed by atoms with van der Waals surface area (Å²) in [6.07, 6.45) is 8.78. The maximum atomic E-state index is 13.7. The predicted molar refractivity (Wildman–Crippen MR) is 150 cm³/mol. The van der Waals surface area contributed by atoms with Crippen LogP contribution in [0, 0.1) is 12.3 Å². The van der Waals surface area contributed by atoms with Crippen LogP contribution in [-0.2, 0) is 33.5 Å². The third-order valence-corrected chi connectivity index (χ3v) is 7.64. The van der Waals surface area contributed by atoms with E-state index in [0.29, 0.717) is 39.5 Å². The van der Waals surface area contributed by atoms with E-state index in [1.807, 2.05) is 36.7 Å². The van der Waals surface area contributed by atoms with E-state index < -0.39 is 0 Å². The second-order valence-electron chi connectivity index (χ2n) is 11.2. The first-order valence-corrected chi connectivity index (χ1v) is 12.9. The van der Waals surface area contributed by atoms with Crippen LogP contribution in [-0.4, -0.2) is 33.4 Å². The van der Waals surface area contributed by atoms with Crippen LogP contribution in [0.2, 0.25) is 0 Å². The number of hydrogen-bond donors (Lipinski definition) is 2. The Labute approximate surface area is 224 Å². The Morgan fingerprint density at radius 2 is 1.87 bits per heavy atom. The minimum atomic E-state index is -0.340. The zero-order chi connectivity index (χ0) is 27.6. The number of aromatic nitrogens is 6. The highest BCUT2D eigenvalue weighted by atomic mass is 16.3. The predicted octanol–water partition coefficient (Wildman–Crippen LogP) is 3.25. The molecule has 0 aliphatic heterocycles. The van der Waals surface area contributed by atoms with Crippen LogP contribution in [0.1, 0.15) is 36.4 Å². The van der Waals surface area contributed by atoms with E-state index in [1.54, 1.807) is 42.5 Å². The molecule has 1 aliphatic rings. The number of aliphatic hydroxyl groups excluding tert-OH is 1. The lowest BCUT2D eigenvalue weighted by Gasteiger charge is -2.17. The van der Waals surface area contributed by atoms with Crippen molar-refractivity contribution >= 4 is 17.0 Å². The van der Waals surface area contributed by atoms with Gasteiger partial charge in [-0.3, -0.25) is 18.8 Å². The van der Waals surface area contributed by atoms with Gasteiger partial charge in [-0.1, -0.05) is 13.8 Å². The highest BCUT2D eigenvalue weighted by molar-refractivity contribution is 5.73. The molecule has 5 heterocycles. The molecule has 39 heavy (non-hydrogen) atoms. The number of nitrogens with one attached hydrogen (secondary N) is 1. The van der Waals surface area contributed by atoms with Gasteiger partial charge in [0.05, 0.1) is 6.61 Å². The molecule has 2 N–H and O–H groups in total. The molecule has 0 aromatic carbocycles. The van der Waals surface area contributed by atoms with Crippen molar-refractivity contribution in [1.29, 1.82) is 0 Å². The fraction of sp³-hybridized carbons (Fsp3) is 0.310. The summed E-state index contributed by atoms with van der Waals surface area (Å²) < 4.78 is 6.68. The normalized spacial score (nSPS) is 14.2. The van der Waals surface area contributed by atoms with Crippen molar-refractivity contribution in [2.24, 2.45) is 19.5 Å². The van der Waals surface area contributed by atoms with Gasteiger partial charge in [0.1, 0.15) is 17.0 Å². The Morgan fingerprint density at radius 1 is 1.08 bits per heavy atom. The quantitative estimate of drug-likeness (QED) is 0.364. The van der Waals surface area contributed by atoms with Gasteiger partial charge in [-0.05, 0) is 54.5 Å². The first-order valence-electron chi connectivity index (χ1n) is 12.9. The molecule has 10 heteroatoms. The minimum absolute atomic E-state index is 0.180. The second-order valence-corrected chi connectivity index (χ2v) is 11.2. The fourth-order valence-electron chi connectivity index (χ4n) is 5.65. The van der Waals surface area contributed by atoms with Gasteiger partial charge in [0, 0.05) is 67.5 Å². The molecule has 0 fully saturated rings. The largest absolute Gasteiger partial charge is 0.392 e. The molecule has 0 atom stereocenters. The van der Waals surface area contributed by atoms with Crippen molar-refractivity contribution < 1.29 is 5.11 Å². The molecule has 0 unspecified atom stereocenters. The number of anilines is 2. The molecule has 1 aliphatic carbocycles. The van der Waals surface area contributed by atoms with E-state index in [-0.39, 0.29) is 23.1 Å². The molecule has 5 aromatic heterocycles. The maximum absolute atomic E-state index is 13.7. The zero-order valence-electron chi connectivity index (χ0n) is 22.7. The highest BCUT2D eigenvalue weighted by Gasteiger charge is 2.31. The SMILES string of the molecule is Cc1cc(Nc2cc(-c3ccnc(-n4ccn5c6c(cc5c4=O)CC(C)(C)C6)c3CO)cn(C)c2=O)nn1C. The molecule has 0 saturated carbocycles. The summed E-state index contributed by atoms with van der Waals surface area (Å²) in [6.45, 7) is 6.07. The van der Waals surface area contributed by atoms with Gasteiger partial charge in [0.15, 0.2) is 5.82 Å². The topological polar surface area (TPSA) is 111 Å². The van der Waals surface area contributed by atoms with E-state index in [2.05, 4.69) is 29.2 Å². The van der Waals surface area contributed by atoms with Crippen LogP contribution in [0.4, 0.5) is 11.5 Å². The number of aliphatic hydroxyl groups is 1. The Hall–Kier alpha value is -4.44. The van der Waals surface area contributed by atoms with E-state index >= 15 is 0 Å². The number of nitrogens with zero attached hydrogens (tertiary/aromatic N) is 6. The van der Waals surface area contributed by atoms with Crippen molar-refractivity contribution in [3.05, 3.63) is 92.3 Å². The zero-order valence-corrected chi connectivity index (χ0v) is 22.7. The van der Waals surface area contributed by atoms with Gasteiger partial charge in [0.2, 0.25) is 0 Å². The fourth-order valence-corrected chi connectivity index (χ4v) is 5.65. The molecular formula is C29H31N7O3. The lowest BCUT2D eigenvalue weighted by molar-refractivity contribution is 0.281. The summed E-state index contributed by atoms with van der Waals surface area (Å²) in [5.74, 6) is 0.914. The van der Waals surface area contributed by atoms with Gasteiger partial charge < -0.3 is 19.4 Å². The number of aryl methyl sites for hydroxylation is 3. The van der Waals surface area contributed by atoms with Gasteiger partial charge >= 0.3 is 0 Å². The molecule has 0 spiro atoms. The molecule has 0 radical (unpaired) electrons. The lowest BCUT2D eigenvalue weighted by Crippen LogP contribution is -2.23. The first kappa shape index (κ1) is 24.9. The first-order chi connectivity index (χ1) is 18.6. The monoisotopic (exact) mass is 525 g/mol. The van der Waals surface area contributed by atoms with Crippen molar-refractivity contribution in [2.45, 2.75) is 40.2 Å². The Kier molecular flexibility index (Phi) is 5.62. The van der Waals surface area contributed by atoms with E-state index in [1.165, 1.54) is 20.4 Å². The summed E-state index contributed by atoms with van der Waals surface area (Å²) in [6, 6.07) is 7.35. The van der Waals surface area contributed by atoms with E-state index in [9.17, 15) is 14.7 Å². The van der Waals surface area contributed by atoms with Crippen LogP contribution < -0.4 is 16.4 Å². The summed E-state index contributed by atoms with van der Waals surface area (Å²) in [5.41, 5.74) is 5.89. The van der Waals surface area contributed by atoms with Crippen molar-refractivity contribution in [2.75, 3.05) is 5.32 Å². The van der Waals surface area contributed by atoms with Gasteiger partial charge in [0.25, 0.3) is 11.1 Å². The standard InChI is InChI=1S/C29H31N7O3/c1-17-10-25(32-34(17)5)31-22-11-19(15-33(4)27(22)38)20-6-7-30-26(21(20)16-37)36-9-8-35-23(28(36)39)12-18-13-29(2,3)14-24(18)35/h6-12,15,37H,13-14,16H2,1-5H3,(H,31,32). The van der Waals surface area contributed by atoms with Crippen molar-refractivity contribution in [1.82, 2.24) is 28.3 Å². The molecule has 200 valence electrons. The molecular weight excluding hydrogens is 494 g/mol. The van der Waals surface area contributed by atoms with Crippen LogP contribution in [0.25, 0.3) is 22.5 Å². The highest BCUT2D eigenvalue weighted by Crippen LogP contribution is 2.37. The van der Waals surface area contributed by atoms with Gasteiger partial charge in [-0.15, -0.1) is 0 Å². The average molecular weight is 526 g/mol. The number of hydrogen-bond acceptors (Lipinski definition) is 6. The molecule has 0 saturated heterocycles. The molecule has 0 bridgehead atoms. The lowest BCUT2D eigenvalue weighted by atomic mass is 9.90. The Balaban J connectivity index is 1.46. The Morgan fingerprint density at radius 3 is 2.59 bits per heavy atom. The number of fused-ring (bicyclic) bond motifs is 3. The number of pyridine rings is 2. The van der Waals surface area contributed by atoms with Crippen LogP contribution in [0.15, 0.2) is 58.6 Å². The number of rotatable bonds is 5. The average Bonchev–Trinajstić information content (AvgIpc) is 3.50. The van der Waals surface area contributed by atoms with Crippen molar-refractivity contribution in [3.63, 3.8) is 0 Å². The molecule has 10 nitrogen and oxygen atoms in total. The third-order valence-electron chi connectivity index (χ3n) is 7.64. The Bertz CT molecular complexity index is 1870. The summed E-state index contributed by atoms with van der Waals surface area (Å²) >= 11 is 0. The molecule has 0 amide bonds. The second kappa shape index (κ2) is 8.81. The summed E-state index contributed by atoms with van der Waals surface area (Å²) in [7, 11) is 3.51. The minimum Gasteiger partial charge on any atom is -0.392 e. The van der Waals surface area contributed by atoms with Crippen molar-refractivity contribution in [3.8, 4) is 16.9 Å². The molecule has 5 aromatic rings. The van der Waals surface area contributed by atoms with Crippen LogP contribution in [0.5, 0.6) is 0 Å². The third kappa shape index (κ3) is 4.08. The van der Waals surface area contributed by atoms with Gasteiger partial charge in [-0.25, -0.2) is 4.98 Å². The maximum Gasteiger partial charge on any atom is 0.280 e. The van der Waals surface area contributed by atoms with Crippen LogP contribution in [0.3, 0.4) is 0 Å². The molecule has 6 rings (SSSR count). The van der Waals surface area contributed by atoms with E-state index in [0.717, 1.165) is 18.5 Å². The summed E-state index contributed by atoms with van der Waals surface area (Å²) in [5, 5.41) is 18.0. The van der Waals surface area contributed by atoms with E-state index in [4.69, 9.17) is 0 Å². The van der Waals surface area contributed by atoms with Crippen LogP contribution >= 0.6 is 0 Å². The van der Waals surface area contributed by atoms with Gasteiger partial charge in [-0.2, -0.15) is 5.10 Å². The summed E-state index contributed by atoms with van der Waals surface area (Å²) in [4.78, 5) is 31.1.